The minimum Gasteiger partial charge on any atom is -0.352 e. The van der Waals surface area contributed by atoms with Crippen molar-refractivity contribution in [2.75, 3.05) is 6.54 Å². The maximum Gasteiger partial charge on any atom is 0.254 e. The summed E-state index contributed by atoms with van der Waals surface area (Å²) >= 11 is 0. The first-order valence-corrected chi connectivity index (χ1v) is 7.46. The van der Waals surface area contributed by atoms with E-state index >= 15 is 0 Å². The number of amides is 1. The second-order valence-corrected chi connectivity index (χ2v) is 5.58. The lowest BCUT2D eigenvalue weighted by Gasteiger charge is -2.09. The highest BCUT2D eigenvalue weighted by molar-refractivity contribution is 5.94. The largest absolute Gasteiger partial charge is 0.352 e. The van der Waals surface area contributed by atoms with Crippen molar-refractivity contribution in [2.45, 2.75) is 19.8 Å². The number of allylic oxidation sites excluding steroid dienone is 1. The Morgan fingerprint density at radius 1 is 1.14 bits per heavy atom. The molecule has 112 valence electrons. The molecule has 0 atom stereocenters. The van der Waals surface area contributed by atoms with Crippen molar-refractivity contribution in [2.24, 2.45) is 0 Å². The predicted octanol–water partition coefficient (Wildman–Crippen LogP) is 3.98. The van der Waals surface area contributed by atoms with Crippen LogP contribution < -0.4 is 5.32 Å². The van der Waals surface area contributed by atoms with Crippen LogP contribution in [-0.2, 0) is 6.42 Å². The molecule has 0 aromatic heterocycles. The minimum absolute atomic E-state index is 0.0972. The Labute approximate surface area is 129 Å². The van der Waals surface area contributed by atoms with E-state index in [1.807, 2.05) is 6.07 Å². The second kappa shape index (κ2) is 6.14. The van der Waals surface area contributed by atoms with Gasteiger partial charge in [0.2, 0.25) is 0 Å². The van der Waals surface area contributed by atoms with Gasteiger partial charge in [-0.1, -0.05) is 42.0 Å². The molecular formula is C19H18FNO. The third kappa shape index (κ3) is 2.80. The first kappa shape index (κ1) is 14.5. The van der Waals surface area contributed by atoms with E-state index in [1.165, 1.54) is 34.4 Å². The fourth-order valence-corrected chi connectivity index (χ4v) is 2.98. The van der Waals surface area contributed by atoms with Gasteiger partial charge >= 0.3 is 0 Å². The Hall–Kier alpha value is -2.42. The molecule has 2 aromatic rings. The molecule has 0 saturated heterocycles. The average molecular weight is 295 g/mol. The summed E-state index contributed by atoms with van der Waals surface area (Å²) in [6, 6.07) is 14.4. The Balaban J connectivity index is 1.64. The molecule has 0 unspecified atom stereocenters. The molecule has 1 N–H and O–H groups in total. The van der Waals surface area contributed by atoms with Crippen LogP contribution in [0.2, 0.25) is 0 Å². The molecule has 0 radical (unpaired) electrons. The zero-order valence-electron chi connectivity index (χ0n) is 12.5. The van der Waals surface area contributed by atoms with Gasteiger partial charge in [-0.05, 0) is 48.6 Å². The topological polar surface area (TPSA) is 29.1 Å². The van der Waals surface area contributed by atoms with E-state index in [0.717, 1.165) is 12.8 Å². The number of halogens is 1. The Morgan fingerprint density at radius 2 is 1.86 bits per heavy atom. The summed E-state index contributed by atoms with van der Waals surface area (Å²) < 4.78 is 13.6. The van der Waals surface area contributed by atoms with Gasteiger partial charge in [-0.25, -0.2) is 4.39 Å². The monoisotopic (exact) mass is 295 g/mol. The van der Waals surface area contributed by atoms with Crippen molar-refractivity contribution in [3.63, 3.8) is 0 Å². The molecule has 22 heavy (non-hydrogen) atoms. The van der Waals surface area contributed by atoms with Crippen molar-refractivity contribution in [1.29, 1.82) is 0 Å². The Kier molecular flexibility index (Phi) is 4.05. The van der Waals surface area contributed by atoms with Gasteiger partial charge in [-0.3, -0.25) is 4.79 Å². The van der Waals surface area contributed by atoms with Crippen LogP contribution in [0.25, 0.3) is 5.57 Å². The van der Waals surface area contributed by atoms with Crippen LogP contribution in [0.15, 0.2) is 54.1 Å². The van der Waals surface area contributed by atoms with E-state index in [2.05, 4.69) is 30.4 Å². The van der Waals surface area contributed by atoms with Crippen LogP contribution >= 0.6 is 0 Å². The fraction of sp³-hybridized carbons (Fsp3) is 0.211. The highest BCUT2D eigenvalue weighted by atomic mass is 19.1. The summed E-state index contributed by atoms with van der Waals surface area (Å²) in [7, 11) is 0. The summed E-state index contributed by atoms with van der Waals surface area (Å²) in [6.07, 6.45) is 1.75. The first-order chi connectivity index (χ1) is 10.7. The van der Waals surface area contributed by atoms with Gasteiger partial charge in [0.1, 0.15) is 5.82 Å². The molecule has 1 amide bonds. The number of carbonyl (C=O) groups excluding carboxylic acids is 1. The molecule has 0 bridgehead atoms. The van der Waals surface area contributed by atoms with Crippen LogP contribution in [0.3, 0.4) is 0 Å². The smallest absolute Gasteiger partial charge is 0.254 e. The number of hydrogen-bond donors (Lipinski definition) is 1. The van der Waals surface area contributed by atoms with Crippen LogP contribution in [0.1, 0.15) is 34.8 Å². The van der Waals surface area contributed by atoms with Crippen molar-refractivity contribution >= 4 is 11.5 Å². The SMILES string of the molecule is CC1=C(CCNC(=O)c2ccccc2F)c2ccccc2C1. The quantitative estimate of drug-likeness (QED) is 0.908. The average Bonchev–Trinajstić information content (AvgIpc) is 2.83. The number of carbonyl (C=O) groups is 1. The molecule has 1 aliphatic carbocycles. The predicted molar refractivity (Wildman–Crippen MR) is 86.1 cm³/mol. The zero-order chi connectivity index (χ0) is 15.5. The van der Waals surface area contributed by atoms with E-state index in [4.69, 9.17) is 0 Å². The maximum absolute atomic E-state index is 13.6. The van der Waals surface area contributed by atoms with Gasteiger partial charge in [-0.15, -0.1) is 0 Å². The highest BCUT2D eigenvalue weighted by Gasteiger charge is 2.18. The van der Waals surface area contributed by atoms with Crippen molar-refractivity contribution in [3.05, 3.63) is 76.6 Å². The third-order valence-electron chi connectivity index (χ3n) is 4.09. The summed E-state index contributed by atoms with van der Waals surface area (Å²) in [5, 5.41) is 2.80. The lowest BCUT2D eigenvalue weighted by Crippen LogP contribution is -2.25. The molecule has 0 aliphatic heterocycles. The first-order valence-electron chi connectivity index (χ1n) is 7.46. The van der Waals surface area contributed by atoms with Gasteiger partial charge in [0.05, 0.1) is 5.56 Å². The molecule has 0 heterocycles. The van der Waals surface area contributed by atoms with E-state index < -0.39 is 5.82 Å². The number of nitrogens with one attached hydrogen (secondary N) is 1. The molecular weight excluding hydrogens is 277 g/mol. The zero-order valence-corrected chi connectivity index (χ0v) is 12.5. The van der Waals surface area contributed by atoms with Crippen molar-refractivity contribution in [3.8, 4) is 0 Å². The molecule has 0 saturated carbocycles. The molecule has 2 aromatic carbocycles. The van der Waals surface area contributed by atoms with E-state index in [1.54, 1.807) is 12.1 Å². The molecule has 2 nitrogen and oxygen atoms in total. The minimum atomic E-state index is -0.485. The van der Waals surface area contributed by atoms with Crippen LogP contribution in [-0.4, -0.2) is 12.5 Å². The van der Waals surface area contributed by atoms with Crippen molar-refractivity contribution in [1.82, 2.24) is 5.32 Å². The van der Waals surface area contributed by atoms with Crippen molar-refractivity contribution < 1.29 is 9.18 Å². The number of benzene rings is 2. The van der Waals surface area contributed by atoms with Gasteiger partial charge in [-0.2, -0.15) is 0 Å². The fourth-order valence-electron chi connectivity index (χ4n) is 2.98. The van der Waals surface area contributed by atoms with Crippen LogP contribution in [0, 0.1) is 5.82 Å². The van der Waals surface area contributed by atoms with E-state index in [0.29, 0.717) is 6.54 Å². The number of rotatable bonds is 4. The third-order valence-corrected chi connectivity index (χ3v) is 4.09. The summed E-state index contributed by atoms with van der Waals surface area (Å²) in [5.74, 6) is -0.843. The van der Waals surface area contributed by atoms with Crippen LogP contribution in [0.4, 0.5) is 4.39 Å². The van der Waals surface area contributed by atoms with Gasteiger partial charge in [0, 0.05) is 6.54 Å². The Bertz CT molecular complexity index is 749. The van der Waals surface area contributed by atoms with Gasteiger partial charge < -0.3 is 5.32 Å². The molecule has 0 spiro atoms. The Morgan fingerprint density at radius 3 is 2.68 bits per heavy atom. The normalized spacial score (nSPS) is 13.2. The molecule has 3 rings (SSSR count). The number of fused-ring (bicyclic) bond motifs is 1. The maximum atomic E-state index is 13.6. The van der Waals surface area contributed by atoms with Gasteiger partial charge in [0.15, 0.2) is 0 Å². The van der Waals surface area contributed by atoms with E-state index in [-0.39, 0.29) is 11.5 Å². The van der Waals surface area contributed by atoms with Gasteiger partial charge in [0.25, 0.3) is 5.91 Å². The lowest BCUT2D eigenvalue weighted by atomic mass is 10.0. The molecule has 1 aliphatic rings. The van der Waals surface area contributed by atoms with E-state index in [9.17, 15) is 9.18 Å². The summed E-state index contributed by atoms with van der Waals surface area (Å²) in [4.78, 5) is 12.0. The highest BCUT2D eigenvalue weighted by Crippen LogP contribution is 2.34. The molecule has 3 heteroatoms. The van der Waals surface area contributed by atoms with Crippen LogP contribution in [0.5, 0.6) is 0 Å². The standard InChI is InChI=1S/C19H18FNO/c1-13-12-14-6-2-3-7-16(14)15(13)10-11-21-19(22)17-8-4-5-9-18(17)20/h2-9H,10-12H2,1H3,(H,21,22). The lowest BCUT2D eigenvalue weighted by molar-refractivity contribution is 0.0950. The second-order valence-electron chi connectivity index (χ2n) is 5.58. The summed E-state index contributed by atoms with van der Waals surface area (Å²) in [5.41, 5.74) is 5.36. The number of hydrogen-bond acceptors (Lipinski definition) is 1. The summed E-state index contributed by atoms with van der Waals surface area (Å²) in [6.45, 7) is 2.64. The molecule has 0 fully saturated rings.